The van der Waals surface area contributed by atoms with Crippen molar-refractivity contribution in [3.05, 3.63) is 0 Å². The van der Waals surface area contributed by atoms with Crippen molar-refractivity contribution in [1.82, 2.24) is 5.32 Å². The summed E-state index contributed by atoms with van der Waals surface area (Å²) in [6.07, 6.45) is -0.366. The highest BCUT2D eigenvalue weighted by Gasteiger charge is 2.10. The predicted molar refractivity (Wildman–Crippen MR) is 42.0 cm³/mol. The van der Waals surface area contributed by atoms with Crippen molar-refractivity contribution in [3.63, 3.8) is 0 Å². The van der Waals surface area contributed by atoms with Crippen LogP contribution in [0.25, 0.3) is 0 Å². The average Bonchev–Trinajstić information content (AvgIpc) is 1.81. The van der Waals surface area contributed by atoms with E-state index in [-0.39, 0.29) is 12.9 Å². The highest BCUT2D eigenvalue weighted by Crippen LogP contribution is 2.09. The van der Waals surface area contributed by atoms with Crippen LogP contribution in [0, 0.1) is 5.41 Å². The van der Waals surface area contributed by atoms with Crippen molar-refractivity contribution < 1.29 is 11.0 Å². The number of carbonyl (C=O) groups excluding carboxylic acids is 1. The summed E-state index contributed by atoms with van der Waals surface area (Å²) in [4.78, 5) is 10.5. The SMILES string of the molecule is COC(=O)NCC(C)(C)C.[HH]. The van der Waals surface area contributed by atoms with Crippen molar-refractivity contribution in [2.75, 3.05) is 13.7 Å². The van der Waals surface area contributed by atoms with Crippen molar-refractivity contribution >= 4 is 6.09 Å². The summed E-state index contributed by atoms with van der Waals surface area (Å²) in [5.74, 6) is 0. The van der Waals surface area contributed by atoms with Gasteiger partial charge in [-0.25, -0.2) is 4.79 Å². The van der Waals surface area contributed by atoms with Crippen LogP contribution in [0.3, 0.4) is 0 Å². The number of methoxy groups -OCH3 is 1. The molecule has 0 unspecified atom stereocenters. The summed E-state index contributed by atoms with van der Waals surface area (Å²) >= 11 is 0. The predicted octanol–water partition coefficient (Wildman–Crippen LogP) is 1.63. The highest BCUT2D eigenvalue weighted by atomic mass is 16.5. The van der Waals surface area contributed by atoms with Crippen LogP contribution < -0.4 is 5.32 Å². The zero-order valence-corrected chi connectivity index (χ0v) is 7.02. The molecular weight excluding hydrogens is 130 g/mol. The van der Waals surface area contributed by atoms with Gasteiger partial charge in [-0.2, -0.15) is 0 Å². The van der Waals surface area contributed by atoms with E-state index in [9.17, 15) is 4.79 Å². The molecule has 0 saturated carbocycles. The van der Waals surface area contributed by atoms with Crippen molar-refractivity contribution in [2.45, 2.75) is 20.8 Å². The molecule has 10 heavy (non-hydrogen) atoms. The second-order valence-corrected chi connectivity index (χ2v) is 3.41. The molecule has 3 heteroatoms. The third kappa shape index (κ3) is 5.41. The molecule has 1 amide bonds. The Hall–Kier alpha value is -0.730. The molecule has 0 aliphatic carbocycles. The first-order valence-corrected chi connectivity index (χ1v) is 3.27. The molecule has 0 aromatic carbocycles. The van der Waals surface area contributed by atoms with Crippen LogP contribution in [0.5, 0.6) is 0 Å². The van der Waals surface area contributed by atoms with E-state index in [1.54, 1.807) is 0 Å². The second kappa shape index (κ2) is 3.44. The molecule has 0 bridgehead atoms. The van der Waals surface area contributed by atoms with Gasteiger partial charge in [0, 0.05) is 7.97 Å². The van der Waals surface area contributed by atoms with E-state index in [0.717, 1.165) is 0 Å². The van der Waals surface area contributed by atoms with Gasteiger partial charge in [0.2, 0.25) is 0 Å². The maximum Gasteiger partial charge on any atom is 0.406 e. The lowest BCUT2D eigenvalue weighted by atomic mass is 9.97. The fourth-order valence-electron chi connectivity index (χ4n) is 0.410. The Balaban J connectivity index is 0. The summed E-state index contributed by atoms with van der Waals surface area (Å²) in [6.45, 7) is 6.77. The lowest BCUT2D eigenvalue weighted by Crippen LogP contribution is -2.31. The third-order valence-corrected chi connectivity index (χ3v) is 0.948. The van der Waals surface area contributed by atoms with Crippen LogP contribution in [-0.4, -0.2) is 19.7 Å². The summed E-state index contributed by atoms with van der Waals surface area (Å²) < 4.78 is 4.40. The number of rotatable bonds is 1. The number of hydrogen-bond acceptors (Lipinski definition) is 2. The van der Waals surface area contributed by atoms with Crippen molar-refractivity contribution in [3.8, 4) is 0 Å². The van der Waals surface area contributed by atoms with Gasteiger partial charge in [-0.05, 0) is 5.41 Å². The average molecular weight is 147 g/mol. The number of nitrogens with one attached hydrogen (secondary N) is 1. The molecule has 0 fully saturated rings. The molecule has 0 rings (SSSR count). The normalized spacial score (nSPS) is 10.8. The fraction of sp³-hybridized carbons (Fsp3) is 0.857. The molecule has 0 spiro atoms. The Morgan fingerprint density at radius 2 is 2.10 bits per heavy atom. The molecule has 0 aromatic rings. The molecule has 0 aromatic heterocycles. The van der Waals surface area contributed by atoms with E-state index in [0.29, 0.717) is 6.54 Å². The maximum absolute atomic E-state index is 10.5. The van der Waals surface area contributed by atoms with Crippen LogP contribution in [0.4, 0.5) is 4.79 Å². The van der Waals surface area contributed by atoms with Crippen LogP contribution in [0.15, 0.2) is 0 Å². The van der Waals surface area contributed by atoms with Gasteiger partial charge in [-0.1, -0.05) is 20.8 Å². The lowest BCUT2D eigenvalue weighted by molar-refractivity contribution is 0.166. The number of amides is 1. The Morgan fingerprint density at radius 3 is 2.40 bits per heavy atom. The molecule has 0 radical (unpaired) electrons. The van der Waals surface area contributed by atoms with E-state index in [2.05, 4.69) is 10.1 Å². The topological polar surface area (TPSA) is 38.3 Å². The van der Waals surface area contributed by atoms with Crippen LogP contribution in [0.1, 0.15) is 22.2 Å². The molecule has 62 valence electrons. The largest absolute Gasteiger partial charge is 0.453 e. The van der Waals surface area contributed by atoms with Gasteiger partial charge in [0.05, 0.1) is 7.11 Å². The third-order valence-electron chi connectivity index (χ3n) is 0.948. The second-order valence-electron chi connectivity index (χ2n) is 3.41. The van der Waals surface area contributed by atoms with E-state index in [1.807, 2.05) is 20.8 Å². The molecule has 3 nitrogen and oxygen atoms in total. The molecule has 0 aliphatic rings. The zero-order chi connectivity index (χ0) is 8.20. The van der Waals surface area contributed by atoms with Gasteiger partial charge in [0.15, 0.2) is 0 Å². The maximum atomic E-state index is 10.5. The Labute approximate surface area is 63.2 Å². The first-order valence-electron chi connectivity index (χ1n) is 3.27. The van der Waals surface area contributed by atoms with Crippen molar-refractivity contribution in [1.29, 1.82) is 0 Å². The monoisotopic (exact) mass is 147 g/mol. The summed E-state index contributed by atoms with van der Waals surface area (Å²) in [7, 11) is 1.36. The molecule has 0 saturated heterocycles. The van der Waals surface area contributed by atoms with Gasteiger partial charge in [0.25, 0.3) is 0 Å². The van der Waals surface area contributed by atoms with Crippen LogP contribution in [0.2, 0.25) is 0 Å². The van der Waals surface area contributed by atoms with Gasteiger partial charge < -0.3 is 10.1 Å². The summed E-state index contributed by atoms with van der Waals surface area (Å²) in [5.41, 5.74) is 0.119. The standard InChI is InChI=1S/C7H15NO2.H2/c1-7(2,3)5-8-6(9)10-4;/h5H2,1-4H3,(H,8,9);1H. The van der Waals surface area contributed by atoms with E-state index in [1.165, 1.54) is 7.11 Å². The number of carbonyl (C=O) groups is 1. The minimum Gasteiger partial charge on any atom is -0.453 e. The number of hydrogen-bond donors (Lipinski definition) is 1. The molecule has 0 atom stereocenters. The first kappa shape index (κ1) is 9.27. The quantitative estimate of drug-likeness (QED) is 0.612. The van der Waals surface area contributed by atoms with Crippen LogP contribution in [-0.2, 0) is 4.74 Å². The molecular formula is C7H17NO2. The summed E-state index contributed by atoms with van der Waals surface area (Å²) in [5, 5.41) is 2.61. The zero-order valence-electron chi connectivity index (χ0n) is 7.02. The van der Waals surface area contributed by atoms with Gasteiger partial charge in [0.1, 0.15) is 0 Å². The molecule has 0 aliphatic heterocycles. The fourth-order valence-corrected chi connectivity index (χ4v) is 0.410. The van der Waals surface area contributed by atoms with E-state index in [4.69, 9.17) is 0 Å². The van der Waals surface area contributed by atoms with E-state index >= 15 is 0 Å². The van der Waals surface area contributed by atoms with Gasteiger partial charge in [-0.3, -0.25) is 0 Å². The Morgan fingerprint density at radius 1 is 1.60 bits per heavy atom. The van der Waals surface area contributed by atoms with E-state index < -0.39 is 0 Å². The summed E-state index contributed by atoms with van der Waals surface area (Å²) in [6, 6.07) is 0. The lowest BCUT2D eigenvalue weighted by Gasteiger charge is -2.17. The highest BCUT2D eigenvalue weighted by molar-refractivity contribution is 5.66. The van der Waals surface area contributed by atoms with Gasteiger partial charge >= 0.3 is 6.09 Å². The molecule has 0 heterocycles. The first-order chi connectivity index (χ1) is 4.45. The minimum atomic E-state index is -0.366. The van der Waals surface area contributed by atoms with Crippen LogP contribution >= 0.6 is 0 Å². The number of ether oxygens (including phenoxy) is 1. The van der Waals surface area contributed by atoms with Gasteiger partial charge in [-0.15, -0.1) is 0 Å². The Kier molecular flexibility index (Phi) is 3.19. The minimum absolute atomic E-state index is 0. The van der Waals surface area contributed by atoms with Crippen molar-refractivity contribution in [2.24, 2.45) is 5.41 Å². The molecule has 1 N–H and O–H groups in total. The smallest absolute Gasteiger partial charge is 0.406 e. The Bertz CT molecular complexity index is 120. The number of alkyl carbamates (subject to hydrolysis) is 1.